The third-order valence-electron chi connectivity index (χ3n) is 1.63. The van der Waals surface area contributed by atoms with Crippen LogP contribution in [0.1, 0.15) is 0 Å². The van der Waals surface area contributed by atoms with Crippen molar-refractivity contribution < 1.29 is 9.42 Å². The molecule has 0 radical (unpaired) electrons. The largest absolute Gasteiger partial charge is 0.287 e. The molecule has 11 heavy (non-hydrogen) atoms. The Morgan fingerprint density at radius 3 is 2.91 bits per heavy atom. The summed E-state index contributed by atoms with van der Waals surface area (Å²) in [7, 11) is -1.05. The highest BCUT2D eigenvalue weighted by molar-refractivity contribution is 7.85. The van der Waals surface area contributed by atoms with Crippen LogP contribution in [0, 0.1) is 0 Å². The molecule has 2 rings (SSSR count). The van der Waals surface area contributed by atoms with Gasteiger partial charge >= 0.3 is 0 Å². The van der Waals surface area contributed by atoms with E-state index in [-0.39, 0.29) is 5.88 Å². The smallest absolute Gasteiger partial charge is 0.125 e. The van der Waals surface area contributed by atoms with Crippen LogP contribution in [-0.4, -0.2) is 15.3 Å². The van der Waals surface area contributed by atoms with E-state index in [4.69, 9.17) is 0 Å². The predicted molar refractivity (Wildman–Crippen MR) is 42.0 cm³/mol. The third kappa shape index (κ3) is 0.948. The van der Waals surface area contributed by atoms with Gasteiger partial charge in [0.05, 0.1) is 21.4 Å². The van der Waals surface area contributed by atoms with Crippen molar-refractivity contribution in [2.24, 2.45) is 0 Å². The molecular formula is C7H7NO2S. The van der Waals surface area contributed by atoms with E-state index < -0.39 is 10.8 Å². The Morgan fingerprint density at radius 2 is 2.18 bits per heavy atom. The molecule has 4 heteroatoms. The maximum Gasteiger partial charge on any atom is 0.125 e. The summed E-state index contributed by atoms with van der Waals surface area (Å²) in [5, 5.41) is 10.2. The molecule has 1 unspecified atom stereocenters. The van der Waals surface area contributed by atoms with Gasteiger partial charge in [0.15, 0.2) is 0 Å². The number of nitrogens with zero attached hydrogens (tertiary/aromatic N) is 1. The zero-order valence-corrected chi connectivity index (χ0v) is 6.54. The summed E-state index contributed by atoms with van der Waals surface area (Å²) in [5.74, 6) is 0.194. The molecule has 1 aliphatic heterocycles. The van der Waals surface area contributed by atoms with Crippen LogP contribution in [0.5, 0.6) is 0 Å². The van der Waals surface area contributed by atoms with Gasteiger partial charge in [-0.15, -0.1) is 0 Å². The van der Waals surface area contributed by atoms with E-state index in [2.05, 4.69) is 0 Å². The molecule has 1 aliphatic rings. The Kier molecular flexibility index (Phi) is 1.44. The molecule has 1 atom stereocenters. The predicted octanol–water partition coefficient (Wildman–Crippen LogP) is 0.961. The molecule has 3 nitrogen and oxygen atoms in total. The second kappa shape index (κ2) is 2.32. The molecule has 1 N–H and O–H groups in total. The minimum Gasteiger partial charge on any atom is -0.287 e. The van der Waals surface area contributed by atoms with Crippen LogP contribution in [0.25, 0.3) is 0 Å². The Morgan fingerprint density at radius 1 is 1.45 bits per heavy atom. The monoisotopic (exact) mass is 169 g/mol. The van der Waals surface area contributed by atoms with Crippen molar-refractivity contribution in [1.82, 2.24) is 0 Å². The molecule has 0 saturated carbocycles. The molecule has 0 spiro atoms. The quantitative estimate of drug-likeness (QED) is 0.629. The van der Waals surface area contributed by atoms with Crippen LogP contribution in [0.4, 0.5) is 5.69 Å². The standard InChI is InChI=1S/C7H7NO2S/c9-8-5-11(10)7-4-2-1-3-6(7)8/h1-4,9H,5H2. The fourth-order valence-electron chi connectivity index (χ4n) is 1.11. The van der Waals surface area contributed by atoms with Crippen molar-refractivity contribution in [3.63, 3.8) is 0 Å². The molecule has 0 bridgehead atoms. The van der Waals surface area contributed by atoms with Crippen molar-refractivity contribution in [1.29, 1.82) is 0 Å². The summed E-state index contributed by atoms with van der Waals surface area (Å²) < 4.78 is 11.2. The van der Waals surface area contributed by atoms with Crippen molar-refractivity contribution in [2.45, 2.75) is 4.90 Å². The number of hydrogen-bond donors (Lipinski definition) is 1. The first-order valence-corrected chi connectivity index (χ1v) is 4.55. The van der Waals surface area contributed by atoms with Gasteiger partial charge in [0, 0.05) is 0 Å². The van der Waals surface area contributed by atoms with Gasteiger partial charge in [-0.25, -0.2) is 5.06 Å². The lowest BCUT2D eigenvalue weighted by Gasteiger charge is -2.05. The first-order chi connectivity index (χ1) is 5.29. The number of hydroxylamine groups is 1. The maximum atomic E-state index is 11.2. The van der Waals surface area contributed by atoms with E-state index in [0.717, 1.165) is 9.96 Å². The van der Waals surface area contributed by atoms with Gasteiger partial charge in [0.1, 0.15) is 5.88 Å². The van der Waals surface area contributed by atoms with Gasteiger partial charge in [-0.05, 0) is 12.1 Å². The summed E-state index contributed by atoms with van der Waals surface area (Å²) in [6.45, 7) is 0. The van der Waals surface area contributed by atoms with Gasteiger partial charge in [-0.2, -0.15) is 0 Å². The number of rotatable bonds is 0. The summed E-state index contributed by atoms with van der Waals surface area (Å²) in [5.41, 5.74) is 0.658. The van der Waals surface area contributed by atoms with Crippen LogP contribution < -0.4 is 5.06 Å². The molecule has 0 amide bonds. The minimum absolute atomic E-state index is 0.194. The van der Waals surface area contributed by atoms with Gasteiger partial charge in [-0.3, -0.25) is 9.42 Å². The molecule has 0 saturated heterocycles. The summed E-state index contributed by atoms with van der Waals surface area (Å²) in [6, 6.07) is 7.14. The van der Waals surface area contributed by atoms with E-state index in [1.807, 2.05) is 12.1 Å². The Bertz CT molecular complexity index is 313. The molecule has 0 aliphatic carbocycles. The van der Waals surface area contributed by atoms with E-state index in [1.54, 1.807) is 12.1 Å². The molecule has 1 aromatic carbocycles. The lowest BCUT2D eigenvalue weighted by atomic mass is 10.3. The average Bonchev–Trinajstić information content (AvgIpc) is 2.30. The number of anilines is 1. The maximum absolute atomic E-state index is 11.2. The zero-order valence-electron chi connectivity index (χ0n) is 5.73. The zero-order chi connectivity index (χ0) is 7.84. The molecule has 1 aromatic rings. The SMILES string of the molecule is O=S1CN(O)c2ccccc21. The lowest BCUT2D eigenvalue weighted by molar-refractivity contribution is 0.274. The fraction of sp³-hybridized carbons (Fsp3) is 0.143. The minimum atomic E-state index is -1.05. The molecule has 58 valence electrons. The Labute approximate surface area is 66.7 Å². The highest BCUT2D eigenvalue weighted by Crippen LogP contribution is 2.28. The van der Waals surface area contributed by atoms with Crippen LogP contribution in [-0.2, 0) is 10.8 Å². The number of benzene rings is 1. The molecule has 1 heterocycles. The van der Waals surface area contributed by atoms with Crippen molar-refractivity contribution in [2.75, 3.05) is 10.9 Å². The topological polar surface area (TPSA) is 40.5 Å². The van der Waals surface area contributed by atoms with Crippen molar-refractivity contribution in [3.05, 3.63) is 24.3 Å². The van der Waals surface area contributed by atoms with Crippen LogP contribution in [0.2, 0.25) is 0 Å². The van der Waals surface area contributed by atoms with Gasteiger partial charge in [-0.1, -0.05) is 12.1 Å². The van der Waals surface area contributed by atoms with Crippen LogP contribution >= 0.6 is 0 Å². The Hall–Kier alpha value is -0.870. The number of para-hydroxylation sites is 1. The van der Waals surface area contributed by atoms with Crippen LogP contribution in [0.15, 0.2) is 29.2 Å². The summed E-state index contributed by atoms with van der Waals surface area (Å²) in [6.07, 6.45) is 0. The average molecular weight is 169 g/mol. The van der Waals surface area contributed by atoms with E-state index in [9.17, 15) is 9.42 Å². The fourth-order valence-corrected chi connectivity index (χ4v) is 2.25. The molecule has 0 aromatic heterocycles. The normalized spacial score (nSPS) is 21.9. The first kappa shape index (κ1) is 6.82. The van der Waals surface area contributed by atoms with E-state index >= 15 is 0 Å². The number of hydrogen-bond acceptors (Lipinski definition) is 3. The van der Waals surface area contributed by atoms with Gasteiger partial charge in [0.2, 0.25) is 0 Å². The molecule has 0 fully saturated rings. The van der Waals surface area contributed by atoms with Gasteiger partial charge in [0.25, 0.3) is 0 Å². The van der Waals surface area contributed by atoms with Crippen molar-refractivity contribution >= 4 is 16.5 Å². The van der Waals surface area contributed by atoms with Crippen LogP contribution in [0.3, 0.4) is 0 Å². The number of fused-ring (bicyclic) bond motifs is 1. The summed E-state index contributed by atoms with van der Waals surface area (Å²) in [4.78, 5) is 0.718. The molecular weight excluding hydrogens is 162 g/mol. The van der Waals surface area contributed by atoms with E-state index in [0.29, 0.717) is 5.69 Å². The van der Waals surface area contributed by atoms with E-state index in [1.165, 1.54) is 0 Å². The highest BCUT2D eigenvalue weighted by atomic mass is 32.2. The van der Waals surface area contributed by atoms with Crippen molar-refractivity contribution in [3.8, 4) is 0 Å². The van der Waals surface area contributed by atoms with Gasteiger partial charge < -0.3 is 0 Å². The second-order valence-corrected chi connectivity index (χ2v) is 3.73. The third-order valence-corrected chi connectivity index (χ3v) is 2.94. The first-order valence-electron chi connectivity index (χ1n) is 3.23. The highest BCUT2D eigenvalue weighted by Gasteiger charge is 2.22. The second-order valence-electron chi connectivity index (χ2n) is 2.34. The summed E-state index contributed by atoms with van der Waals surface area (Å²) >= 11 is 0. The Balaban J connectivity index is 2.60. The lowest BCUT2D eigenvalue weighted by Crippen LogP contribution is -2.14.